The van der Waals surface area contributed by atoms with E-state index < -0.39 is 11.3 Å². The molecule has 0 aromatic heterocycles. The zero-order chi connectivity index (χ0) is 14.8. The number of aliphatic carboxylic acids is 1. The maximum absolute atomic E-state index is 10.9. The number of thioether (sulfide) groups is 1. The van der Waals surface area contributed by atoms with Crippen molar-refractivity contribution in [2.45, 2.75) is 45.9 Å². The van der Waals surface area contributed by atoms with Crippen LogP contribution >= 0.6 is 11.8 Å². The van der Waals surface area contributed by atoms with E-state index in [2.05, 4.69) is 25.2 Å². The van der Waals surface area contributed by atoms with Crippen LogP contribution in [0.3, 0.4) is 0 Å². The van der Waals surface area contributed by atoms with Crippen molar-refractivity contribution in [3.63, 3.8) is 0 Å². The SMILES string of the molecule is CC(=O)NC(SCC=C(C)CCC=C(C)C)C(=O)O. The molecule has 1 atom stereocenters. The molecule has 0 heterocycles. The van der Waals surface area contributed by atoms with E-state index in [-0.39, 0.29) is 5.91 Å². The number of carbonyl (C=O) groups is 2. The lowest BCUT2D eigenvalue weighted by Crippen LogP contribution is -2.37. The maximum Gasteiger partial charge on any atom is 0.336 e. The highest BCUT2D eigenvalue weighted by atomic mass is 32.2. The highest BCUT2D eigenvalue weighted by Gasteiger charge is 2.17. The summed E-state index contributed by atoms with van der Waals surface area (Å²) in [5.74, 6) is -0.766. The van der Waals surface area contributed by atoms with Gasteiger partial charge in [-0.3, -0.25) is 4.79 Å². The molecule has 0 aromatic carbocycles. The minimum atomic E-state index is -1.02. The van der Waals surface area contributed by atoms with Crippen LogP contribution in [0.4, 0.5) is 0 Å². The number of hydrogen-bond donors (Lipinski definition) is 2. The average molecular weight is 285 g/mol. The Morgan fingerprint density at radius 1 is 1.21 bits per heavy atom. The van der Waals surface area contributed by atoms with Crippen LogP contribution in [0.5, 0.6) is 0 Å². The van der Waals surface area contributed by atoms with Gasteiger partial charge in [0.2, 0.25) is 5.91 Å². The Labute approximate surface area is 119 Å². The number of carboxylic acids is 1. The quantitative estimate of drug-likeness (QED) is 0.531. The molecule has 0 saturated heterocycles. The first-order chi connectivity index (χ1) is 8.82. The molecular weight excluding hydrogens is 262 g/mol. The Morgan fingerprint density at radius 3 is 2.32 bits per heavy atom. The van der Waals surface area contributed by atoms with Crippen LogP contribution in [0.15, 0.2) is 23.3 Å². The molecule has 19 heavy (non-hydrogen) atoms. The van der Waals surface area contributed by atoms with Crippen molar-refractivity contribution >= 4 is 23.6 Å². The normalized spacial score (nSPS) is 12.7. The molecule has 1 amide bonds. The first-order valence-corrected chi connectivity index (χ1v) is 7.28. The lowest BCUT2D eigenvalue weighted by Gasteiger charge is -2.11. The lowest BCUT2D eigenvalue weighted by atomic mass is 10.1. The number of amides is 1. The van der Waals surface area contributed by atoms with E-state index in [0.29, 0.717) is 5.75 Å². The largest absolute Gasteiger partial charge is 0.479 e. The Balaban J connectivity index is 4.12. The summed E-state index contributed by atoms with van der Waals surface area (Å²) in [6.45, 7) is 7.49. The van der Waals surface area contributed by atoms with Crippen LogP contribution in [0.1, 0.15) is 40.5 Å². The van der Waals surface area contributed by atoms with Crippen LogP contribution in [0.25, 0.3) is 0 Å². The third-order valence-corrected chi connectivity index (χ3v) is 3.36. The third-order valence-electron chi connectivity index (χ3n) is 2.34. The molecule has 0 fully saturated rings. The standard InChI is InChI=1S/C14H23NO3S/c1-10(2)6-5-7-11(3)8-9-19-13(14(17)18)15-12(4)16/h6,8,13H,5,7,9H2,1-4H3,(H,15,16)(H,17,18). The number of nitrogens with one attached hydrogen (secondary N) is 1. The van der Waals surface area contributed by atoms with Gasteiger partial charge in [0.15, 0.2) is 5.37 Å². The van der Waals surface area contributed by atoms with Gasteiger partial charge in [0.1, 0.15) is 0 Å². The second-order valence-corrected chi connectivity index (χ2v) is 5.76. The highest BCUT2D eigenvalue weighted by Crippen LogP contribution is 2.12. The van der Waals surface area contributed by atoms with E-state index in [9.17, 15) is 9.59 Å². The van der Waals surface area contributed by atoms with E-state index in [1.807, 2.05) is 13.0 Å². The fraction of sp³-hybridized carbons (Fsp3) is 0.571. The maximum atomic E-state index is 10.9. The van der Waals surface area contributed by atoms with Crippen LogP contribution < -0.4 is 5.32 Å². The van der Waals surface area contributed by atoms with Gasteiger partial charge in [0, 0.05) is 12.7 Å². The van der Waals surface area contributed by atoms with E-state index >= 15 is 0 Å². The van der Waals surface area contributed by atoms with Crippen molar-refractivity contribution < 1.29 is 14.7 Å². The minimum Gasteiger partial charge on any atom is -0.479 e. The smallest absolute Gasteiger partial charge is 0.336 e. The van der Waals surface area contributed by atoms with Gasteiger partial charge in [0.05, 0.1) is 0 Å². The van der Waals surface area contributed by atoms with Gasteiger partial charge in [-0.15, -0.1) is 11.8 Å². The van der Waals surface area contributed by atoms with Crippen LogP contribution in [-0.2, 0) is 9.59 Å². The van der Waals surface area contributed by atoms with Gasteiger partial charge < -0.3 is 10.4 Å². The molecule has 0 saturated carbocycles. The summed E-state index contributed by atoms with van der Waals surface area (Å²) < 4.78 is 0. The number of carboxylic acid groups (broad SMARTS) is 1. The molecule has 0 aromatic rings. The molecule has 1 unspecified atom stereocenters. The van der Waals surface area contributed by atoms with E-state index in [0.717, 1.165) is 12.8 Å². The van der Waals surface area contributed by atoms with Crippen molar-refractivity contribution in [2.24, 2.45) is 0 Å². The minimum absolute atomic E-state index is 0.329. The summed E-state index contributed by atoms with van der Waals surface area (Å²) in [6, 6.07) is 0. The molecule has 0 aliphatic heterocycles. The van der Waals surface area contributed by atoms with Crippen molar-refractivity contribution in [1.29, 1.82) is 0 Å². The van der Waals surface area contributed by atoms with Crippen LogP contribution in [-0.4, -0.2) is 28.1 Å². The average Bonchev–Trinajstić information content (AvgIpc) is 2.26. The Hall–Kier alpha value is -1.23. The van der Waals surface area contributed by atoms with Gasteiger partial charge in [-0.2, -0.15) is 0 Å². The van der Waals surface area contributed by atoms with Crippen LogP contribution in [0, 0.1) is 0 Å². The predicted octanol–water partition coefficient (Wildman–Crippen LogP) is 2.96. The molecule has 0 rings (SSSR count). The molecule has 4 nitrogen and oxygen atoms in total. The molecule has 2 N–H and O–H groups in total. The summed E-state index contributed by atoms with van der Waals surface area (Å²) >= 11 is 1.20. The molecular formula is C14H23NO3S. The second kappa shape index (κ2) is 9.67. The van der Waals surface area contributed by atoms with Crippen molar-refractivity contribution in [2.75, 3.05) is 5.75 Å². The zero-order valence-corrected chi connectivity index (χ0v) is 12.8. The van der Waals surface area contributed by atoms with Crippen molar-refractivity contribution in [1.82, 2.24) is 5.32 Å². The molecule has 108 valence electrons. The first-order valence-electron chi connectivity index (χ1n) is 6.23. The van der Waals surface area contributed by atoms with Crippen molar-refractivity contribution in [3.8, 4) is 0 Å². The fourth-order valence-corrected chi connectivity index (χ4v) is 2.30. The van der Waals surface area contributed by atoms with Gasteiger partial charge in [0.25, 0.3) is 0 Å². The highest BCUT2D eigenvalue weighted by molar-refractivity contribution is 8.00. The topological polar surface area (TPSA) is 66.4 Å². The van der Waals surface area contributed by atoms with E-state index in [1.165, 1.54) is 29.8 Å². The van der Waals surface area contributed by atoms with E-state index in [4.69, 9.17) is 5.11 Å². The molecule has 0 aliphatic rings. The predicted molar refractivity (Wildman–Crippen MR) is 80.1 cm³/mol. The van der Waals surface area contributed by atoms with Gasteiger partial charge in [-0.25, -0.2) is 4.79 Å². The summed E-state index contributed by atoms with van der Waals surface area (Å²) in [4.78, 5) is 21.7. The molecule has 0 aliphatic carbocycles. The number of hydrogen-bond acceptors (Lipinski definition) is 3. The fourth-order valence-electron chi connectivity index (χ4n) is 1.34. The van der Waals surface area contributed by atoms with Crippen molar-refractivity contribution in [3.05, 3.63) is 23.3 Å². The van der Waals surface area contributed by atoms with Crippen LogP contribution in [0.2, 0.25) is 0 Å². The van der Waals surface area contributed by atoms with Gasteiger partial charge in [-0.1, -0.05) is 23.3 Å². The molecule has 5 heteroatoms. The van der Waals surface area contributed by atoms with Gasteiger partial charge in [-0.05, 0) is 33.6 Å². The summed E-state index contributed by atoms with van der Waals surface area (Å²) in [5, 5.41) is 10.4. The Bertz CT molecular complexity index is 371. The summed E-state index contributed by atoms with van der Waals surface area (Å²) in [5.41, 5.74) is 2.54. The molecule has 0 radical (unpaired) electrons. The number of rotatable bonds is 8. The summed E-state index contributed by atoms with van der Waals surface area (Å²) in [6.07, 6.45) is 6.18. The second-order valence-electron chi connectivity index (χ2n) is 4.62. The monoisotopic (exact) mass is 285 g/mol. The Kier molecular flexibility index (Phi) is 9.04. The summed E-state index contributed by atoms with van der Waals surface area (Å²) in [7, 11) is 0. The first kappa shape index (κ1) is 17.8. The van der Waals surface area contributed by atoms with Gasteiger partial charge >= 0.3 is 5.97 Å². The molecule has 0 bridgehead atoms. The number of allylic oxidation sites excluding steroid dienone is 3. The number of carbonyl (C=O) groups excluding carboxylic acids is 1. The van der Waals surface area contributed by atoms with E-state index in [1.54, 1.807) is 0 Å². The Morgan fingerprint density at radius 2 is 1.84 bits per heavy atom. The zero-order valence-electron chi connectivity index (χ0n) is 12.0. The third kappa shape index (κ3) is 10.4. The lowest BCUT2D eigenvalue weighted by molar-refractivity contribution is -0.138. The molecule has 0 spiro atoms.